The first-order valence-corrected chi connectivity index (χ1v) is 7.40. The van der Waals surface area contributed by atoms with Gasteiger partial charge in [-0.1, -0.05) is 54.1 Å². The zero-order valence-corrected chi connectivity index (χ0v) is 12.7. The van der Waals surface area contributed by atoms with Gasteiger partial charge >= 0.3 is 5.69 Å². The molecule has 5 nitrogen and oxygen atoms in total. The lowest BCUT2D eigenvalue weighted by molar-refractivity contribution is 0.885. The van der Waals surface area contributed by atoms with Gasteiger partial charge in [-0.2, -0.15) is 14.7 Å². The second kappa shape index (κ2) is 5.37. The Hall–Kier alpha value is -2.92. The van der Waals surface area contributed by atoms with E-state index in [0.29, 0.717) is 16.4 Å². The average Bonchev–Trinajstić information content (AvgIpc) is 2.97. The normalized spacial score (nSPS) is 11.0. The van der Waals surface area contributed by atoms with Crippen LogP contribution in [0.5, 0.6) is 0 Å². The number of hydrogen-bond donors (Lipinski definition) is 1. The van der Waals surface area contributed by atoms with Gasteiger partial charge in [0.25, 0.3) is 0 Å². The van der Waals surface area contributed by atoms with E-state index < -0.39 is 0 Å². The molecule has 4 aromatic rings. The molecule has 0 atom stereocenters. The number of rotatable bonds is 2. The summed E-state index contributed by atoms with van der Waals surface area (Å²) < 4.78 is 1.28. The van der Waals surface area contributed by atoms with E-state index in [4.69, 9.17) is 11.6 Å². The molecular formula is C17H11ClN4O. The van der Waals surface area contributed by atoms with Crippen LogP contribution in [0.1, 0.15) is 0 Å². The van der Waals surface area contributed by atoms with Gasteiger partial charge in [0.2, 0.25) is 0 Å². The summed E-state index contributed by atoms with van der Waals surface area (Å²) in [6, 6.07) is 19.0. The van der Waals surface area contributed by atoms with Gasteiger partial charge in [0, 0.05) is 16.1 Å². The molecule has 0 bridgehead atoms. The quantitative estimate of drug-likeness (QED) is 0.615. The number of nitrogens with zero attached hydrogens (tertiary/aromatic N) is 3. The molecule has 2 aromatic heterocycles. The monoisotopic (exact) mass is 322 g/mol. The molecule has 0 aliphatic carbocycles. The van der Waals surface area contributed by atoms with E-state index >= 15 is 0 Å². The number of fused-ring (bicyclic) bond motifs is 1. The van der Waals surface area contributed by atoms with Gasteiger partial charge in [-0.25, -0.2) is 9.89 Å². The first-order valence-electron chi connectivity index (χ1n) is 7.02. The Morgan fingerprint density at radius 3 is 2.43 bits per heavy atom. The second-order valence-electron chi connectivity index (χ2n) is 5.08. The van der Waals surface area contributed by atoms with E-state index in [9.17, 15) is 4.79 Å². The van der Waals surface area contributed by atoms with Crippen molar-refractivity contribution in [1.82, 2.24) is 19.8 Å². The summed E-state index contributed by atoms with van der Waals surface area (Å²) in [7, 11) is 0. The van der Waals surface area contributed by atoms with Crippen LogP contribution in [0.4, 0.5) is 0 Å². The molecule has 1 N–H and O–H groups in total. The summed E-state index contributed by atoms with van der Waals surface area (Å²) in [5, 5.41) is 11.6. The first kappa shape index (κ1) is 13.7. The lowest BCUT2D eigenvalue weighted by Gasteiger charge is -2.07. The minimum absolute atomic E-state index is 0.368. The Balaban J connectivity index is 2.02. The number of aromatic nitrogens is 4. The Kier molecular flexibility index (Phi) is 3.20. The van der Waals surface area contributed by atoms with Crippen LogP contribution in [0.2, 0.25) is 5.02 Å². The van der Waals surface area contributed by atoms with Crippen LogP contribution < -0.4 is 5.69 Å². The lowest BCUT2D eigenvalue weighted by atomic mass is 10.0. The summed E-state index contributed by atoms with van der Waals surface area (Å²) >= 11 is 5.94. The third-order valence-electron chi connectivity index (χ3n) is 3.60. The zero-order valence-electron chi connectivity index (χ0n) is 11.9. The van der Waals surface area contributed by atoms with Gasteiger partial charge in [0.1, 0.15) is 0 Å². The minimum Gasteiger partial charge on any atom is -0.244 e. The van der Waals surface area contributed by atoms with Crippen molar-refractivity contribution in [2.24, 2.45) is 0 Å². The molecule has 23 heavy (non-hydrogen) atoms. The molecule has 0 saturated heterocycles. The number of benzene rings is 2. The molecule has 112 valence electrons. The molecule has 0 aliphatic heterocycles. The number of nitrogens with one attached hydrogen (secondary N) is 1. The van der Waals surface area contributed by atoms with Crippen molar-refractivity contribution >= 4 is 17.2 Å². The van der Waals surface area contributed by atoms with E-state index in [1.165, 1.54) is 4.52 Å². The van der Waals surface area contributed by atoms with E-state index in [2.05, 4.69) is 15.3 Å². The molecule has 0 saturated carbocycles. The van der Waals surface area contributed by atoms with Crippen LogP contribution >= 0.6 is 11.6 Å². The van der Waals surface area contributed by atoms with Crippen LogP contribution in [0.3, 0.4) is 0 Å². The Morgan fingerprint density at radius 2 is 1.70 bits per heavy atom. The molecule has 6 heteroatoms. The van der Waals surface area contributed by atoms with Crippen molar-refractivity contribution in [2.45, 2.75) is 0 Å². The maximum atomic E-state index is 12.0. The Morgan fingerprint density at radius 1 is 0.957 bits per heavy atom. The Bertz CT molecular complexity index is 1040. The van der Waals surface area contributed by atoms with Crippen molar-refractivity contribution in [3.8, 4) is 22.4 Å². The van der Waals surface area contributed by atoms with Crippen LogP contribution in [0, 0.1) is 0 Å². The average molecular weight is 323 g/mol. The SMILES string of the molecule is O=c1[nH]nc2c(-c3ccccc3)cc(-c3ccc(Cl)cc3)nn12. The van der Waals surface area contributed by atoms with Crippen molar-refractivity contribution in [2.75, 3.05) is 0 Å². The van der Waals surface area contributed by atoms with Crippen molar-refractivity contribution < 1.29 is 0 Å². The smallest absolute Gasteiger partial charge is 0.244 e. The first-order chi connectivity index (χ1) is 11.2. The van der Waals surface area contributed by atoms with Gasteiger partial charge in [0.15, 0.2) is 5.65 Å². The predicted molar refractivity (Wildman–Crippen MR) is 89.5 cm³/mol. The number of halogens is 1. The third-order valence-corrected chi connectivity index (χ3v) is 3.86. The standard InChI is InChI=1S/C17H11ClN4O/c18-13-8-6-12(7-9-13)15-10-14(11-4-2-1-3-5-11)16-19-20-17(23)22(16)21-15/h1-10H,(H,20,23). The molecule has 0 radical (unpaired) electrons. The zero-order chi connectivity index (χ0) is 15.8. The highest BCUT2D eigenvalue weighted by molar-refractivity contribution is 6.30. The molecule has 0 spiro atoms. The highest BCUT2D eigenvalue weighted by Crippen LogP contribution is 2.27. The predicted octanol–water partition coefficient (Wildman–Crippen LogP) is 3.41. The molecule has 4 rings (SSSR count). The highest BCUT2D eigenvalue weighted by atomic mass is 35.5. The minimum atomic E-state index is -0.368. The molecule has 0 fully saturated rings. The van der Waals surface area contributed by atoms with Crippen LogP contribution in [-0.4, -0.2) is 19.8 Å². The molecule has 0 amide bonds. The largest absolute Gasteiger partial charge is 0.364 e. The third kappa shape index (κ3) is 2.41. The van der Waals surface area contributed by atoms with E-state index in [-0.39, 0.29) is 5.69 Å². The number of H-pyrrole nitrogens is 1. The second-order valence-corrected chi connectivity index (χ2v) is 5.52. The maximum absolute atomic E-state index is 12.0. The van der Waals surface area contributed by atoms with E-state index in [1.807, 2.05) is 48.5 Å². The van der Waals surface area contributed by atoms with E-state index in [1.54, 1.807) is 12.1 Å². The Labute approximate surface area is 136 Å². The van der Waals surface area contributed by atoms with Crippen LogP contribution in [0.15, 0.2) is 65.5 Å². The van der Waals surface area contributed by atoms with Crippen molar-refractivity contribution in [3.63, 3.8) is 0 Å². The molecule has 0 aliphatic rings. The van der Waals surface area contributed by atoms with Crippen molar-refractivity contribution in [3.05, 3.63) is 76.2 Å². The fourth-order valence-electron chi connectivity index (χ4n) is 2.49. The summed E-state index contributed by atoms with van der Waals surface area (Å²) in [5.74, 6) is 0. The molecule has 2 aromatic carbocycles. The van der Waals surface area contributed by atoms with E-state index in [0.717, 1.165) is 16.7 Å². The van der Waals surface area contributed by atoms with Gasteiger partial charge in [-0.05, 0) is 23.8 Å². The molecule has 0 unspecified atom stereocenters. The fraction of sp³-hybridized carbons (Fsp3) is 0. The van der Waals surface area contributed by atoms with Gasteiger partial charge < -0.3 is 0 Å². The maximum Gasteiger partial charge on any atom is 0.364 e. The summed E-state index contributed by atoms with van der Waals surface area (Å²) in [6.07, 6.45) is 0. The van der Waals surface area contributed by atoms with Crippen molar-refractivity contribution in [1.29, 1.82) is 0 Å². The topological polar surface area (TPSA) is 63.0 Å². The summed E-state index contributed by atoms with van der Waals surface area (Å²) in [4.78, 5) is 12.0. The van der Waals surface area contributed by atoms with Gasteiger partial charge in [0.05, 0.1) is 5.69 Å². The summed E-state index contributed by atoms with van der Waals surface area (Å²) in [5.41, 5.74) is 3.49. The lowest BCUT2D eigenvalue weighted by Crippen LogP contribution is -2.13. The molecule has 2 heterocycles. The fourth-order valence-corrected chi connectivity index (χ4v) is 2.61. The number of aromatic amines is 1. The summed E-state index contributed by atoms with van der Waals surface area (Å²) in [6.45, 7) is 0. The number of hydrogen-bond acceptors (Lipinski definition) is 3. The van der Waals surface area contributed by atoms with Gasteiger partial charge in [-0.3, -0.25) is 0 Å². The highest BCUT2D eigenvalue weighted by Gasteiger charge is 2.13. The van der Waals surface area contributed by atoms with Crippen LogP contribution in [0.25, 0.3) is 28.0 Å². The van der Waals surface area contributed by atoms with Gasteiger partial charge in [-0.15, -0.1) is 0 Å². The molecular weight excluding hydrogens is 312 g/mol. The van der Waals surface area contributed by atoms with Crippen LogP contribution in [-0.2, 0) is 0 Å².